The number of rotatable bonds is 4. The van der Waals surface area contributed by atoms with Crippen molar-refractivity contribution in [3.8, 4) is 5.88 Å². The van der Waals surface area contributed by atoms with Gasteiger partial charge in [0.15, 0.2) is 0 Å². The molecule has 0 bridgehead atoms. The zero-order chi connectivity index (χ0) is 12.1. The lowest BCUT2D eigenvalue weighted by Crippen LogP contribution is -2.07. The van der Waals surface area contributed by atoms with Crippen molar-refractivity contribution in [2.75, 3.05) is 14.2 Å². The van der Waals surface area contributed by atoms with Crippen LogP contribution in [0.15, 0.2) is 42.5 Å². The lowest BCUT2D eigenvalue weighted by Gasteiger charge is -2.14. The molecule has 4 nitrogen and oxygen atoms in total. The molecule has 0 amide bonds. The van der Waals surface area contributed by atoms with Crippen molar-refractivity contribution in [1.82, 2.24) is 10.2 Å². The number of nitrogens with zero attached hydrogens (tertiary/aromatic N) is 2. The molecule has 0 aliphatic heterocycles. The molecule has 2 aromatic rings. The summed E-state index contributed by atoms with van der Waals surface area (Å²) < 4.78 is 10.4. The summed E-state index contributed by atoms with van der Waals surface area (Å²) in [4.78, 5) is 0. The van der Waals surface area contributed by atoms with Gasteiger partial charge in [-0.25, -0.2) is 0 Å². The van der Waals surface area contributed by atoms with Gasteiger partial charge in [-0.05, 0) is 11.6 Å². The summed E-state index contributed by atoms with van der Waals surface area (Å²) in [5.74, 6) is 0.497. The fourth-order valence-corrected chi connectivity index (χ4v) is 1.63. The Bertz CT molecular complexity index is 457. The summed E-state index contributed by atoms with van der Waals surface area (Å²) in [5, 5.41) is 8.04. The average Bonchev–Trinajstić information content (AvgIpc) is 2.42. The van der Waals surface area contributed by atoms with E-state index in [1.165, 1.54) is 0 Å². The van der Waals surface area contributed by atoms with Gasteiger partial charge in [0.1, 0.15) is 6.10 Å². The van der Waals surface area contributed by atoms with Crippen molar-refractivity contribution in [3.05, 3.63) is 53.7 Å². The average molecular weight is 230 g/mol. The molecule has 2 rings (SSSR count). The number of aromatic nitrogens is 2. The Kier molecular flexibility index (Phi) is 3.67. The summed E-state index contributed by atoms with van der Waals surface area (Å²) in [7, 11) is 3.22. The molecule has 0 N–H and O–H groups in total. The molecule has 0 saturated heterocycles. The van der Waals surface area contributed by atoms with Gasteiger partial charge in [-0.3, -0.25) is 0 Å². The Morgan fingerprint density at radius 1 is 0.941 bits per heavy atom. The number of hydrogen-bond acceptors (Lipinski definition) is 4. The van der Waals surface area contributed by atoms with E-state index in [0.717, 1.165) is 11.3 Å². The second-order valence-electron chi connectivity index (χ2n) is 3.53. The van der Waals surface area contributed by atoms with E-state index in [0.29, 0.717) is 5.88 Å². The standard InChI is InChI=1S/C13H14N2O2/c1-16-12-9-8-11(14-15-12)13(17-2)10-6-4-3-5-7-10/h3-9,13H,1-2H3. The van der Waals surface area contributed by atoms with E-state index in [1.54, 1.807) is 20.3 Å². The second kappa shape index (κ2) is 5.41. The molecular formula is C13H14N2O2. The minimum absolute atomic E-state index is 0.199. The highest BCUT2D eigenvalue weighted by Crippen LogP contribution is 2.23. The van der Waals surface area contributed by atoms with E-state index in [1.807, 2.05) is 36.4 Å². The predicted molar refractivity (Wildman–Crippen MR) is 63.9 cm³/mol. The molecule has 0 aliphatic carbocycles. The van der Waals surface area contributed by atoms with E-state index >= 15 is 0 Å². The molecule has 1 aromatic carbocycles. The third-order valence-corrected chi connectivity index (χ3v) is 2.48. The van der Waals surface area contributed by atoms with Crippen molar-refractivity contribution in [1.29, 1.82) is 0 Å². The maximum atomic E-state index is 5.45. The van der Waals surface area contributed by atoms with E-state index in [2.05, 4.69) is 10.2 Å². The van der Waals surface area contributed by atoms with Gasteiger partial charge in [0, 0.05) is 13.2 Å². The van der Waals surface area contributed by atoms with E-state index < -0.39 is 0 Å². The molecule has 0 radical (unpaired) electrons. The number of methoxy groups -OCH3 is 2. The molecule has 1 unspecified atom stereocenters. The molecular weight excluding hydrogens is 216 g/mol. The Morgan fingerprint density at radius 2 is 1.71 bits per heavy atom. The Balaban J connectivity index is 2.29. The van der Waals surface area contributed by atoms with Gasteiger partial charge in [0.25, 0.3) is 0 Å². The van der Waals surface area contributed by atoms with Gasteiger partial charge < -0.3 is 9.47 Å². The van der Waals surface area contributed by atoms with Crippen LogP contribution in [0.25, 0.3) is 0 Å². The van der Waals surface area contributed by atoms with Crippen LogP contribution in [-0.4, -0.2) is 24.4 Å². The van der Waals surface area contributed by atoms with Crippen LogP contribution in [0.4, 0.5) is 0 Å². The molecule has 1 atom stereocenters. The third-order valence-electron chi connectivity index (χ3n) is 2.48. The molecule has 0 aliphatic rings. The van der Waals surface area contributed by atoms with E-state index in [-0.39, 0.29) is 6.10 Å². The van der Waals surface area contributed by atoms with Crippen LogP contribution >= 0.6 is 0 Å². The van der Waals surface area contributed by atoms with Crippen LogP contribution in [0.3, 0.4) is 0 Å². The van der Waals surface area contributed by atoms with Crippen molar-refractivity contribution < 1.29 is 9.47 Å². The molecule has 88 valence electrons. The van der Waals surface area contributed by atoms with E-state index in [9.17, 15) is 0 Å². The van der Waals surface area contributed by atoms with Gasteiger partial charge in [0.2, 0.25) is 5.88 Å². The summed E-state index contributed by atoms with van der Waals surface area (Å²) in [5.41, 5.74) is 1.81. The largest absolute Gasteiger partial charge is 0.480 e. The van der Waals surface area contributed by atoms with Crippen LogP contribution in [0.5, 0.6) is 5.88 Å². The molecule has 17 heavy (non-hydrogen) atoms. The monoisotopic (exact) mass is 230 g/mol. The zero-order valence-corrected chi connectivity index (χ0v) is 9.83. The van der Waals surface area contributed by atoms with Gasteiger partial charge in [-0.15, -0.1) is 10.2 Å². The van der Waals surface area contributed by atoms with Crippen molar-refractivity contribution in [2.45, 2.75) is 6.10 Å². The fourth-order valence-electron chi connectivity index (χ4n) is 1.63. The molecule has 0 spiro atoms. The Morgan fingerprint density at radius 3 is 2.24 bits per heavy atom. The van der Waals surface area contributed by atoms with Crippen LogP contribution in [0.2, 0.25) is 0 Å². The van der Waals surface area contributed by atoms with Gasteiger partial charge in [0.05, 0.1) is 12.8 Å². The molecule has 0 fully saturated rings. The minimum Gasteiger partial charge on any atom is -0.480 e. The lowest BCUT2D eigenvalue weighted by molar-refractivity contribution is 0.132. The Hall–Kier alpha value is -1.94. The number of hydrogen-bond donors (Lipinski definition) is 0. The van der Waals surface area contributed by atoms with Crippen molar-refractivity contribution >= 4 is 0 Å². The quantitative estimate of drug-likeness (QED) is 0.807. The second-order valence-corrected chi connectivity index (χ2v) is 3.53. The molecule has 0 saturated carbocycles. The Labute approximate surface area is 100 Å². The summed E-state index contributed by atoms with van der Waals surface area (Å²) in [6.07, 6.45) is -0.199. The molecule has 1 aromatic heterocycles. The van der Waals surface area contributed by atoms with Crippen LogP contribution in [0.1, 0.15) is 17.4 Å². The van der Waals surface area contributed by atoms with Gasteiger partial charge >= 0.3 is 0 Å². The lowest BCUT2D eigenvalue weighted by atomic mass is 10.1. The summed E-state index contributed by atoms with van der Waals surface area (Å²) in [6.45, 7) is 0. The smallest absolute Gasteiger partial charge is 0.233 e. The normalized spacial score (nSPS) is 12.1. The number of benzene rings is 1. The first-order valence-electron chi connectivity index (χ1n) is 5.30. The van der Waals surface area contributed by atoms with Crippen LogP contribution in [-0.2, 0) is 4.74 Å². The van der Waals surface area contributed by atoms with Crippen LogP contribution in [0, 0.1) is 0 Å². The maximum absolute atomic E-state index is 5.45. The maximum Gasteiger partial charge on any atom is 0.233 e. The minimum atomic E-state index is -0.199. The first-order chi connectivity index (χ1) is 8.35. The highest BCUT2D eigenvalue weighted by Gasteiger charge is 2.14. The predicted octanol–water partition coefficient (Wildman–Crippen LogP) is 2.22. The van der Waals surface area contributed by atoms with Crippen molar-refractivity contribution in [3.63, 3.8) is 0 Å². The first kappa shape index (κ1) is 11.5. The van der Waals surface area contributed by atoms with E-state index in [4.69, 9.17) is 9.47 Å². The van der Waals surface area contributed by atoms with Crippen molar-refractivity contribution in [2.24, 2.45) is 0 Å². The summed E-state index contributed by atoms with van der Waals surface area (Å²) >= 11 is 0. The summed E-state index contributed by atoms with van der Waals surface area (Å²) in [6, 6.07) is 13.5. The van der Waals surface area contributed by atoms with Crippen LogP contribution < -0.4 is 4.74 Å². The highest BCUT2D eigenvalue weighted by molar-refractivity contribution is 5.26. The topological polar surface area (TPSA) is 44.2 Å². The zero-order valence-electron chi connectivity index (χ0n) is 9.83. The SMILES string of the molecule is COc1ccc(C(OC)c2ccccc2)nn1. The third kappa shape index (κ3) is 2.60. The highest BCUT2D eigenvalue weighted by atomic mass is 16.5. The van der Waals surface area contributed by atoms with Gasteiger partial charge in [-0.2, -0.15) is 0 Å². The first-order valence-corrected chi connectivity index (χ1v) is 5.30. The fraction of sp³-hybridized carbons (Fsp3) is 0.231. The molecule has 1 heterocycles. The molecule has 4 heteroatoms. The number of ether oxygens (including phenoxy) is 2. The van der Waals surface area contributed by atoms with Gasteiger partial charge in [-0.1, -0.05) is 30.3 Å².